The summed E-state index contributed by atoms with van der Waals surface area (Å²) >= 11 is 0. The predicted octanol–water partition coefficient (Wildman–Crippen LogP) is 4.72. The average Bonchev–Trinajstić information content (AvgIpc) is 3.21. The van der Waals surface area contributed by atoms with Gasteiger partial charge in [-0.3, -0.25) is 14.2 Å². The van der Waals surface area contributed by atoms with Gasteiger partial charge in [0.15, 0.2) is 11.5 Å². The number of amides is 1. The summed E-state index contributed by atoms with van der Waals surface area (Å²) in [5, 5.41) is 8.65. The molecule has 0 unspecified atom stereocenters. The van der Waals surface area contributed by atoms with Crippen LogP contribution in [0.4, 0.5) is 5.69 Å². The molecule has 2 aromatic heterocycles. The Morgan fingerprint density at radius 2 is 1.75 bits per heavy atom. The Morgan fingerprint density at radius 3 is 2.42 bits per heavy atom. The fourth-order valence-corrected chi connectivity index (χ4v) is 4.71. The third-order valence-electron chi connectivity index (χ3n) is 6.55. The van der Waals surface area contributed by atoms with Crippen LogP contribution in [-0.2, 0) is 17.8 Å². The number of nitrogens with one attached hydrogen (secondary N) is 1. The van der Waals surface area contributed by atoms with Gasteiger partial charge >= 0.3 is 0 Å². The van der Waals surface area contributed by atoms with Gasteiger partial charge in [-0.15, -0.1) is 0 Å². The van der Waals surface area contributed by atoms with Crippen LogP contribution in [0.25, 0.3) is 16.7 Å². The second-order valence-corrected chi connectivity index (χ2v) is 8.75. The van der Waals surface area contributed by atoms with Crippen molar-refractivity contribution in [3.63, 3.8) is 0 Å². The molecule has 0 saturated carbocycles. The Kier molecular flexibility index (Phi) is 7.15. The molecule has 4 rings (SSSR count). The normalized spacial score (nSPS) is 11.1. The first-order valence-corrected chi connectivity index (χ1v) is 12.0. The zero-order valence-electron chi connectivity index (χ0n) is 21.6. The molecule has 2 aromatic carbocycles. The van der Waals surface area contributed by atoms with Gasteiger partial charge in [0.1, 0.15) is 5.65 Å². The highest BCUT2D eigenvalue weighted by molar-refractivity contribution is 5.91. The molecule has 0 saturated heterocycles. The number of nitrogens with zero attached hydrogens (tertiary/aromatic N) is 3. The summed E-state index contributed by atoms with van der Waals surface area (Å²) in [5.74, 6) is 0.932. The number of benzene rings is 2. The van der Waals surface area contributed by atoms with Gasteiger partial charge in [-0.25, -0.2) is 4.68 Å². The van der Waals surface area contributed by atoms with Crippen molar-refractivity contribution < 1.29 is 14.3 Å². The molecule has 0 aliphatic rings. The molecular formula is C28H32N4O4. The fourth-order valence-electron chi connectivity index (χ4n) is 4.71. The number of carbonyl (C=O) groups is 1. The summed E-state index contributed by atoms with van der Waals surface area (Å²) in [6.45, 7) is 8.39. The van der Waals surface area contributed by atoms with Gasteiger partial charge in [0.25, 0.3) is 5.56 Å². The topological polar surface area (TPSA) is 87.4 Å². The van der Waals surface area contributed by atoms with Crippen LogP contribution >= 0.6 is 0 Å². The summed E-state index contributed by atoms with van der Waals surface area (Å²) in [6, 6.07) is 13.2. The molecule has 0 fully saturated rings. The van der Waals surface area contributed by atoms with Crippen LogP contribution in [0.15, 0.2) is 47.3 Å². The minimum absolute atomic E-state index is 0.0869. The Hall–Kier alpha value is -4.07. The fraction of sp³-hybridized carbons (Fsp3) is 0.321. The SMILES string of the molecule is CCn1c(=O)c(CCC(=O)Nc2ccc(OC)c(OC)c2)c(C)c2c(C)nn(-c3ccccc3C)c21. The molecule has 1 amide bonds. The molecule has 0 spiro atoms. The Bertz CT molecular complexity index is 1500. The number of ether oxygens (including phenoxy) is 2. The summed E-state index contributed by atoms with van der Waals surface area (Å²) in [6.07, 6.45) is 0.499. The van der Waals surface area contributed by atoms with Gasteiger partial charge in [0.2, 0.25) is 5.91 Å². The van der Waals surface area contributed by atoms with Gasteiger partial charge in [-0.1, -0.05) is 18.2 Å². The molecule has 0 bridgehead atoms. The molecule has 0 radical (unpaired) electrons. The van der Waals surface area contributed by atoms with E-state index >= 15 is 0 Å². The van der Waals surface area contributed by atoms with E-state index in [0.29, 0.717) is 35.7 Å². The number of para-hydroxylation sites is 1. The molecule has 4 aromatic rings. The highest BCUT2D eigenvalue weighted by atomic mass is 16.5. The number of anilines is 1. The predicted molar refractivity (Wildman–Crippen MR) is 142 cm³/mol. The zero-order chi connectivity index (χ0) is 26.0. The maximum Gasteiger partial charge on any atom is 0.255 e. The van der Waals surface area contributed by atoms with E-state index in [1.807, 2.05) is 56.6 Å². The summed E-state index contributed by atoms with van der Waals surface area (Å²) in [5.41, 5.74) is 5.68. The molecule has 0 aliphatic heterocycles. The number of hydrogen-bond donors (Lipinski definition) is 1. The standard InChI is InChI=1S/C28H32N4O4/c1-7-31-27-26(19(4)30-32(27)22-11-9-8-10-17(22)2)18(3)21(28(31)34)13-15-25(33)29-20-12-14-23(35-5)24(16-20)36-6/h8-12,14,16H,7,13,15H2,1-6H3,(H,29,33). The first kappa shape index (κ1) is 25.0. The molecule has 0 atom stereocenters. The van der Waals surface area contributed by atoms with Crippen LogP contribution in [0.1, 0.15) is 35.7 Å². The zero-order valence-corrected chi connectivity index (χ0v) is 21.6. The highest BCUT2D eigenvalue weighted by Crippen LogP contribution is 2.30. The van der Waals surface area contributed by atoms with Crippen LogP contribution in [0.3, 0.4) is 0 Å². The van der Waals surface area contributed by atoms with Crippen LogP contribution in [0.5, 0.6) is 11.5 Å². The van der Waals surface area contributed by atoms with Crippen molar-refractivity contribution in [1.29, 1.82) is 0 Å². The lowest BCUT2D eigenvalue weighted by Gasteiger charge is -2.15. The number of aromatic nitrogens is 3. The quantitative estimate of drug-likeness (QED) is 0.388. The van der Waals surface area contributed by atoms with Crippen molar-refractivity contribution in [1.82, 2.24) is 14.3 Å². The maximum atomic E-state index is 13.6. The molecule has 36 heavy (non-hydrogen) atoms. The number of rotatable bonds is 8. The Morgan fingerprint density at radius 1 is 1.03 bits per heavy atom. The minimum atomic E-state index is -0.184. The van der Waals surface area contributed by atoms with Crippen molar-refractivity contribution in [3.05, 3.63) is 75.2 Å². The summed E-state index contributed by atoms with van der Waals surface area (Å²) in [4.78, 5) is 26.4. The Labute approximate surface area is 210 Å². The van der Waals surface area contributed by atoms with Crippen molar-refractivity contribution in [3.8, 4) is 17.2 Å². The highest BCUT2D eigenvalue weighted by Gasteiger charge is 2.21. The minimum Gasteiger partial charge on any atom is -0.493 e. The maximum absolute atomic E-state index is 13.6. The number of pyridine rings is 1. The molecule has 8 nitrogen and oxygen atoms in total. The van der Waals surface area contributed by atoms with E-state index in [0.717, 1.165) is 33.5 Å². The molecule has 188 valence electrons. The Balaban J connectivity index is 1.67. The lowest BCUT2D eigenvalue weighted by molar-refractivity contribution is -0.116. The van der Waals surface area contributed by atoms with Crippen LogP contribution in [0, 0.1) is 20.8 Å². The molecule has 2 heterocycles. The van der Waals surface area contributed by atoms with E-state index in [9.17, 15) is 9.59 Å². The summed E-state index contributed by atoms with van der Waals surface area (Å²) in [7, 11) is 3.11. The lowest BCUT2D eigenvalue weighted by Crippen LogP contribution is -2.27. The van der Waals surface area contributed by atoms with Gasteiger partial charge < -0.3 is 14.8 Å². The largest absolute Gasteiger partial charge is 0.493 e. The third kappa shape index (κ3) is 4.46. The van der Waals surface area contributed by atoms with E-state index in [1.165, 1.54) is 0 Å². The molecular weight excluding hydrogens is 456 g/mol. The number of hydrogen-bond acceptors (Lipinski definition) is 5. The first-order valence-electron chi connectivity index (χ1n) is 12.0. The van der Waals surface area contributed by atoms with Gasteiger partial charge in [0, 0.05) is 35.7 Å². The number of carbonyl (C=O) groups excluding carboxylic acids is 1. The van der Waals surface area contributed by atoms with E-state index in [1.54, 1.807) is 37.0 Å². The second-order valence-electron chi connectivity index (χ2n) is 8.75. The van der Waals surface area contributed by atoms with E-state index in [4.69, 9.17) is 14.6 Å². The number of aryl methyl sites for hydroxylation is 4. The molecule has 1 N–H and O–H groups in total. The van der Waals surface area contributed by atoms with E-state index in [2.05, 4.69) is 5.32 Å². The molecule has 8 heteroatoms. The van der Waals surface area contributed by atoms with E-state index < -0.39 is 0 Å². The first-order chi connectivity index (χ1) is 17.3. The van der Waals surface area contributed by atoms with E-state index in [-0.39, 0.29) is 17.9 Å². The monoisotopic (exact) mass is 488 g/mol. The lowest BCUT2D eigenvalue weighted by atomic mass is 10.0. The van der Waals surface area contributed by atoms with Crippen molar-refractivity contribution in [2.75, 3.05) is 19.5 Å². The van der Waals surface area contributed by atoms with Gasteiger partial charge in [-0.2, -0.15) is 5.10 Å². The van der Waals surface area contributed by atoms with Gasteiger partial charge in [-0.05, 0) is 63.4 Å². The van der Waals surface area contributed by atoms with Crippen molar-refractivity contribution in [2.45, 2.75) is 47.1 Å². The average molecular weight is 489 g/mol. The number of fused-ring (bicyclic) bond motifs is 1. The van der Waals surface area contributed by atoms with Crippen molar-refractivity contribution >= 4 is 22.6 Å². The van der Waals surface area contributed by atoms with Crippen LogP contribution in [0.2, 0.25) is 0 Å². The van der Waals surface area contributed by atoms with Crippen LogP contribution < -0.4 is 20.3 Å². The number of methoxy groups -OCH3 is 2. The third-order valence-corrected chi connectivity index (χ3v) is 6.55. The van der Waals surface area contributed by atoms with Gasteiger partial charge in [0.05, 0.1) is 25.6 Å². The van der Waals surface area contributed by atoms with Crippen molar-refractivity contribution in [2.24, 2.45) is 0 Å². The summed E-state index contributed by atoms with van der Waals surface area (Å²) < 4.78 is 14.2. The van der Waals surface area contributed by atoms with Crippen LogP contribution in [-0.4, -0.2) is 34.5 Å². The second kappa shape index (κ2) is 10.3. The smallest absolute Gasteiger partial charge is 0.255 e. The molecule has 0 aliphatic carbocycles.